The van der Waals surface area contributed by atoms with E-state index in [4.69, 9.17) is 4.42 Å². The maximum Gasteiger partial charge on any atom is 0.135 e. The van der Waals surface area contributed by atoms with Crippen molar-refractivity contribution < 1.29 is 4.42 Å². The summed E-state index contributed by atoms with van der Waals surface area (Å²) in [6.45, 7) is 4.79. The lowest BCUT2D eigenvalue weighted by molar-refractivity contribution is 0.546. The van der Waals surface area contributed by atoms with E-state index < -0.39 is 0 Å². The van der Waals surface area contributed by atoms with Crippen molar-refractivity contribution in [1.82, 2.24) is 0 Å². The van der Waals surface area contributed by atoms with E-state index in [0.717, 1.165) is 24.2 Å². The standard InChI is InChI=1S/C55H38O/c1-55(2)48-28-26-35-30-47-40-18-9-10-24-50(40)56-51(47)32-46(35)54(48)45-27-25-37(31-49(45)55)53-43-21-7-5-19-41(43)52(42-20-6-8-22-44(42)53)36-16-11-15-34(29-36)39-23-12-14-33-13-3-4-17-38(33)39/h3-9,11-23,25-32H,10,24H2,1-2H3. The Bertz CT molecular complexity index is 3270. The molecular formula is C55H38O. The normalized spacial score (nSPS) is 14.2. The van der Waals surface area contributed by atoms with E-state index in [1.165, 1.54) is 110 Å². The predicted octanol–water partition coefficient (Wildman–Crippen LogP) is 15.3. The lowest BCUT2D eigenvalue weighted by Gasteiger charge is -2.23. The van der Waals surface area contributed by atoms with E-state index in [9.17, 15) is 0 Å². The number of aryl methyl sites for hydroxylation is 1. The largest absolute Gasteiger partial charge is 0.460 e. The van der Waals surface area contributed by atoms with Gasteiger partial charge in [-0.05, 0) is 129 Å². The number of benzene rings is 9. The first kappa shape index (κ1) is 31.6. The number of rotatable bonds is 3. The van der Waals surface area contributed by atoms with Gasteiger partial charge in [0.2, 0.25) is 0 Å². The molecule has 0 atom stereocenters. The van der Waals surface area contributed by atoms with Crippen LogP contribution >= 0.6 is 0 Å². The van der Waals surface area contributed by atoms with Gasteiger partial charge >= 0.3 is 0 Å². The highest BCUT2D eigenvalue weighted by atomic mass is 16.3. The van der Waals surface area contributed by atoms with Gasteiger partial charge in [0, 0.05) is 22.8 Å². The summed E-state index contributed by atoms with van der Waals surface area (Å²) in [7, 11) is 0. The van der Waals surface area contributed by atoms with E-state index in [1.54, 1.807) is 0 Å². The first-order chi connectivity index (χ1) is 27.5. The summed E-state index contributed by atoms with van der Waals surface area (Å²) >= 11 is 0. The summed E-state index contributed by atoms with van der Waals surface area (Å²) in [5, 5.41) is 11.4. The Hall–Kier alpha value is -6.70. The van der Waals surface area contributed by atoms with E-state index in [2.05, 4.69) is 184 Å². The molecule has 0 amide bonds. The fourth-order valence-electron chi connectivity index (χ4n) is 10.2. The number of fused-ring (bicyclic) bond motifs is 11. The maximum atomic E-state index is 6.49. The number of allylic oxidation sites excluding steroid dienone is 1. The van der Waals surface area contributed by atoms with Gasteiger partial charge in [0.15, 0.2) is 0 Å². The molecule has 9 aromatic carbocycles. The minimum absolute atomic E-state index is 0.164. The zero-order chi connectivity index (χ0) is 37.1. The highest BCUT2D eigenvalue weighted by molar-refractivity contribution is 6.22. The molecule has 12 rings (SSSR count). The first-order valence-electron chi connectivity index (χ1n) is 19.9. The van der Waals surface area contributed by atoms with Gasteiger partial charge in [0.1, 0.15) is 11.3 Å². The summed E-state index contributed by atoms with van der Waals surface area (Å²) in [5.74, 6) is 1.11. The Morgan fingerprint density at radius 1 is 0.446 bits per heavy atom. The molecule has 0 unspecified atom stereocenters. The summed E-state index contributed by atoms with van der Waals surface area (Å²) in [5.41, 5.74) is 15.0. The second kappa shape index (κ2) is 11.7. The third-order valence-corrected chi connectivity index (χ3v) is 12.9. The van der Waals surface area contributed by atoms with Crippen LogP contribution in [0.25, 0.3) is 105 Å². The van der Waals surface area contributed by atoms with Crippen molar-refractivity contribution in [2.45, 2.75) is 32.1 Å². The third-order valence-electron chi connectivity index (χ3n) is 12.9. The lowest BCUT2D eigenvalue weighted by atomic mass is 9.80. The Labute approximate surface area is 326 Å². The zero-order valence-corrected chi connectivity index (χ0v) is 31.5. The highest BCUT2D eigenvalue weighted by Gasteiger charge is 2.37. The number of hydrogen-bond donors (Lipinski definition) is 0. The van der Waals surface area contributed by atoms with Gasteiger partial charge in [-0.1, -0.05) is 159 Å². The molecule has 2 aliphatic carbocycles. The molecule has 0 bridgehead atoms. The minimum atomic E-state index is -0.164. The fourth-order valence-corrected chi connectivity index (χ4v) is 10.2. The molecule has 2 aliphatic rings. The third kappa shape index (κ3) is 4.43. The Morgan fingerprint density at radius 2 is 1.11 bits per heavy atom. The van der Waals surface area contributed by atoms with Crippen LogP contribution in [0.5, 0.6) is 0 Å². The summed E-state index contributed by atoms with van der Waals surface area (Å²) in [6.07, 6.45) is 6.52. The molecule has 0 saturated heterocycles. The second-order valence-corrected chi connectivity index (χ2v) is 16.3. The van der Waals surface area contributed by atoms with Gasteiger partial charge in [-0.2, -0.15) is 0 Å². The predicted molar refractivity (Wildman–Crippen MR) is 237 cm³/mol. The zero-order valence-electron chi connectivity index (χ0n) is 31.5. The highest BCUT2D eigenvalue weighted by Crippen LogP contribution is 2.54. The maximum absolute atomic E-state index is 6.49. The fraction of sp³-hybridized carbons (Fsp3) is 0.0909. The SMILES string of the molecule is CC1(C)c2cc(-c3c4ccccc4c(-c4cccc(-c5cccc6ccccc56)c4)c4ccccc34)ccc2-c2c1ccc1cc3c4c(oc3cc21)CCC=C4. The van der Waals surface area contributed by atoms with Gasteiger partial charge in [0.05, 0.1) is 0 Å². The van der Waals surface area contributed by atoms with Crippen molar-refractivity contribution in [3.8, 4) is 44.5 Å². The smallest absolute Gasteiger partial charge is 0.135 e. The van der Waals surface area contributed by atoms with Crippen LogP contribution in [-0.2, 0) is 11.8 Å². The molecular weight excluding hydrogens is 677 g/mol. The van der Waals surface area contributed by atoms with Crippen molar-refractivity contribution in [1.29, 1.82) is 0 Å². The van der Waals surface area contributed by atoms with Crippen LogP contribution in [0.2, 0.25) is 0 Å². The topological polar surface area (TPSA) is 13.1 Å². The van der Waals surface area contributed by atoms with Crippen LogP contribution in [0.15, 0.2) is 168 Å². The summed E-state index contributed by atoms with van der Waals surface area (Å²) < 4.78 is 6.49. The Kier molecular flexibility index (Phi) is 6.58. The molecule has 1 heteroatoms. The molecule has 56 heavy (non-hydrogen) atoms. The van der Waals surface area contributed by atoms with Crippen molar-refractivity contribution >= 4 is 60.1 Å². The monoisotopic (exact) mass is 714 g/mol. The quantitative estimate of drug-likeness (QED) is 0.166. The van der Waals surface area contributed by atoms with Gasteiger partial charge < -0.3 is 4.42 Å². The van der Waals surface area contributed by atoms with Gasteiger partial charge in [-0.25, -0.2) is 0 Å². The molecule has 0 spiro atoms. The summed E-state index contributed by atoms with van der Waals surface area (Å²) in [4.78, 5) is 0. The van der Waals surface area contributed by atoms with E-state index in [-0.39, 0.29) is 5.41 Å². The van der Waals surface area contributed by atoms with E-state index in [1.807, 2.05) is 0 Å². The van der Waals surface area contributed by atoms with Crippen LogP contribution in [0, 0.1) is 0 Å². The minimum Gasteiger partial charge on any atom is -0.460 e. The molecule has 0 saturated carbocycles. The van der Waals surface area contributed by atoms with Crippen LogP contribution < -0.4 is 0 Å². The van der Waals surface area contributed by atoms with Gasteiger partial charge in [-0.3, -0.25) is 0 Å². The number of hydrogen-bond acceptors (Lipinski definition) is 1. The van der Waals surface area contributed by atoms with Gasteiger partial charge in [0.25, 0.3) is 0 Å². The van der Waals surface area contributed by atoms with Crippen LogP contribution in [0.1, 0.15) is 42.7 Å². The molecule has 0 aliphatic heterocycles. The average molecular weight is 715 g/mol. The van der Waals surface area contributed by atoms with Crippen molar-refractivity contribution in [3.63, 3.8) is 0 Å². The Balaban J connectivity index is 1.06. The van der Waals surface area contributed by atoms with Crippen LogP contribution in [0.4, 0.5) is 0 Å². The molecule has 10 aromatic rings. The van der Waals surface area contributed by atoms with Crippen LogP contribution in [-0.4, -0.2) is 0 Å². The molecule has 0 fully saturated rings. The lowest BCUT2D eigenvalue weighted by Crippen LogP contribution is -2.15. The van der Waals surface area contributed by atoms with Crippen molar-refractivity contribution in [2.24, 2.45) is 0 Å². The molecule has 264 valence electrons. The van der Waals surface area contributed by atoms with E-state index in [0.29, 0.717) is 0 Å². The summed E-state index contributed by atoms with van der Waals surface area (Å²) in [6, 6.07) is 59.1. The molecule has 1 aromatic heterocycles. The molecule has 1 heterocycles. The number of furan rings is 1. The van der Waals surface area contributed by atoms with Crippen molar-refractivity contribution in [2.75, 3.05) is 0 Å². The van der Waals surface area contributed by atoms with Gasteiger partial charge in [-0.15, -0.1) is 0 Å². The van der Waals surface area contributed by atoms with Crippen LogP contribution in [0.3, 0.4) is 0 Å². The van der Waals surface area contributed by atoms with E-state index >= 15 is 0 Å². The molecule has 1 nitrogen and oxygen atoms in total. The molecule has 0 N–H and O–H groups in total. The first-order valence-corrected chi connectivity index (χ1v) is 19.9. The second-order valence-electron chi connectivity index (χ2n) is 16.3. The average Bonchev–Trinajstić information content (AvgIpc) is 3.72. The Morgan fingerprint density at radius 3 is 1.88 bits per heavy atom. The van der Waals surface area contributed by atoms with Crippen molar-refractivity contribution in [3.05, 3.63) is 186 Å². The molecule has 0 radical (unpaired) electrons.